The van der Waals surface area contributed by atoms with Crippen molar-refractivity contribution in [3.63, 3.8) is 0 Å². The molecule has 0 fully saturated rings. The SMILES string of the molecule is CN1C(=O)C(C2=C(O)CC(C)(C)CC2=O)(c2c(-c3ccccc3)nn(-c3ccc([N+](=O)[O-])cc3)c2N)c2ccccc21. The predicted molar refractivity (Wildman–Crippen MR) is 158 cm³/mol. The standard InChI is InChI=1S/C32H29N5O5/c1-31(2)17-24(38)26(25(39)18-31)32(22-11-7-8-12-23(22)35(3)30(32)40)27-28(19-9-5-4-6-10-19)34-36(29(27)33)20-13-15-21(16-14-20)37(41)42/h4-16,38H,17-18,33H2,1-3H3. The number of non-ortho nitro benzene ring substituents is 1. The van der Waals surface area contributed by atoms with E-state index >= 15 is 0 Å². The molecule has 0 saturated heterocycles. The molecule has 212 valence electrons. The number of nitrogen functional groups attached to an aromatic ring is 1. The number of fused-ring (bicyclic) bond motifs is 1. The second-order valence-electron chi connectivity index (χ2n) is 11.6. The van der Waals surface area contributed by atoms with E-state index in [1.807, 2.05) is 44.2 Å². The number of ketones is 1. The number of likely N-dealkylation sites (N-methyl/N-ethyl adjacent to an activating group) is 1. The molecule has 6 rings (SSSR count). The lowest BCUT2D eigenvalue weighted by Crippen LogP contribution is -2.46. The molecule has 0 saturated carbocycles. The van der Waals surface area contributed by atoms with Crippen LogP contribution in [0.15, 0.2) is 90.2 Å². The van der Waals surface area contributed by atoms with E-state index in [-0.39, 0.29) is 47.0 Å². The molecule has 1 unspecified atom stereocenters. The lowest BCUT2D eigenvalue weighted by molar-refractivity contribution is -0.384. The van der Waals surface area contributed by atoms with Crippen molar-refractivity contribution >= 4 is 28.9 Å². The van der Waals surface area contributed by atoms with Gasteiger partial charge in [0.15, 0.2) is 5.78 Å². The highest BCUT2D eigenvalue weighted by Gasteiger charge is 2.60. The minimum Gasteiger partial charge on any atom is -0.512 e. The van der Waals surface area contributed by atoms with Crippen LogP contribution in [0, 0.1) is 15.5 Å². The second kappa shape index (κ2) is 9.41. The van der Waals surface area contributed by atoms with Crippen LogP contribution in [0.2, 0.25) is 0 Å². The minimum absolute atomic E-state index is 0.00393. The third-order valence-electron chi connectivity index (χ3n) is 8.17. The molecule has 0 bridgehead atoms. The van der Waals surface area contributed by atoms with Gasteiger partial charge in [0.05, 0.1) is 21.9 Å². The highest BCUT2D eigenvalue weighted by atomic mass is 16.6. The molecule has 1 aliphatic carbocycles. The highest BCUT2D eigenvalue weighted by Crippen LogP contribution is 2.57. The first-order chi connectivity index (χ1) is 20.0. The van der Waals surface area contributed by atoms with Crippen LogP contribution in [0.1, 0.15) is 37.8 Å². The fourth-order valence-electron chi connectivity index (χ4n) is 6.39. The Bertz CT molecular complexity index is 1810. The van der Waals surface area contributed by atoms with Crippen molar-refractivity contribution in [1.29, 1.82) is 0 Å². The Morgan fingerprint density at radius 1 is 0.952 bits per heavy atom. The fourth-order valence-corrected chi connectivity index (χ4v) is 6.39. The number of Topliss-reactive ketones (excluding diaryl/α,β-unsaturated/α-hetero) is 1. The lowest BCUT2D eigenvalue weighted by Gasteiger charge is -2.37. The van der Waals surface area contributed by atoms with Gasteiger partial charge in [-0.25, -0.2) is 4.68 Å². The number of aliphatic hydroxyl groups is 1. The molecule has 10 heteroatoms. The average Bonchev–Trinajstić information content (AvgIpc) is 3.41. The molecule has 3 N–H and O–H groups in total. The van der Waals surface area contributed by atoms with Gasteiger partial charge < -0.3 is 15.7 Å². The smallest absolute Gasteiger partial charge is 0.269 e. The van der Waals surface area contributed by atoms with E-state index < -0.39 is 21.7 Å². The average molecular weight is 564 g/mol. The maximum Gasteiger partial charge on any atom is 0.269 e. The quantitative estimate of drug-likeness (QED) is 0.241. The zero-order chi connectivity index (χ0) is 30.0. The van der Waals surface area contributed by atoms with E-state index in [4.69, 9.17) is 10.8 Å². The Hall–Kier alpha value is -5.25. The monoisotopic (exact) mass is 563 g/mol. The van der Waals surface area contributed by atoms with E-state index in [0.29, 0.717) is 28.2 Å². The molecule has 4 aromatic rings. The van der Waals surface area contributed by atoms with Crippen molar-refractivity contribution in [1.82, 2.24) is 9.78 Å². The normalized spacial score (nSPS) is 19.7. The number of nitrogens with zero attached hydrogens (tertiary/aromatic N) is 4. The largest absolute Gasteiger partial charge is 0.512 e. The molecule has 10 nitrogen and oxygen atoms in total. The van der Waals surface area contributed by atoms with Gasteiger partial charge in [-0.05, 0) is 23.6 Å². The van der Waals surface area contributed by atoms with Crippen LogP contribution in [0.3, 0.4) is 0 Å². The number of aliphatic hydroxyl groups excluding tert-OH is 1. The molecule has 1 amide bonds. The molecular weight excluding hydrogens is 534 g/mol. The van der Waals surface area contributed by atoms with Gasteiger partial charge in [0.1, 0.15) is 17.0 Å². The second-order valence-corrected chi connectivity index (χ2v) is 11.6. The Kier molecular flexibility index (Phi) is 6.03. The topological polar surface area (TPSA) is 145 Å². The number of para-hydroxylation sites is 1. The first kappa shape index (κ1) is 26.9. The lowest BCUT2D eigenvalue weighted by atomic mass is 9.62. The molecule has 1 atom stereocenters. The summed E-state index contributed by atoms with van der Waals surface area (Å²) in [5.41, 5.74) is 7.31. The van der Waals surface area contributed by atoms with E-state index in [1.54, 1.807) is 31.3 Å². The van der Waals surface area contributed by atoms with Crippen LogP contribution in [-0.2, 0) is 15.0 Å². The number of hydrogen-bond acceptors (Lipinski definition) is 7. The van der Waals surface area contributed by atoms with Crippen LogP contribution >= 0.6 is 0 Å². The number of benzene rings is 3. The van der Waals surface area contributed by atoms with Crippen molar-refractivity contribution in [2.45, 2.75) is 32.1 Å². The number of aromatic nitrogens is 2. The van der Waals surface area contributed by atoms with E-state index in [2.05, 4.69) is 0 Å². The van der Waals surface area contributed by atoms with Crippen molar-refractivity contribution in [3.05, 3.63) is 111 Å². The minimum atomic E-state index is -1.79. The maximum atomic E-state index is 14.7. The van der Waals surface area contributed by atoms with E-state index in [1.165, 1.54) is 33.8 Å². The summed E-state index contributed by atoms with van der Waals surface area (Å²) < 4.78 is 1.42. The number of carbonyl (C=O) groups is 2. The Morgan fingerprint density at radius 3 is 2.24 bits per heavy atom. The van der Waals surface area contributed by atoms with Gasteiger partial charge in [0.25, 0.3) is 5.69 Å². The van der Waals surface area contributed by atoms with Gasteiger partial charge in [-0.15, -0.1) is 0 Å². The third-order valence-corrected chi connectivity index (χ3v) is 8.17. The number of carbonyl (C=O) groups excluding carboxylic acids is 2. The van der Waals surface area contributed by atoms with Gasteiger partial charge in [-0.2, -0.15) is 5.10 Å². The summed E-state index contributed by atoms with van der Waals surface area (Å²) in [4.78, 5) is 41.0. The Balaban J connectivity index is 1.75. The Labute approximate surface area is 241 Å². The number of nitro benzene ring substituents is 1. The first-order valence-electron chi connectivity index (χ1n) is 13.5. The molecule has 0 radical (unpaired) electrons. The van der Waals surface area contributed by atoms with E-state index in [0.717, 1.165) is 0 Å². The van der Waals surface area contributed by atoms with Gasteiger partial charge >= 0.3 is 0 Å². The summed E-state index contributed by atoms with van der Waals surface area (Å²) in [5, 5.41) is 27.8. The summed E-state index contributed by atoms with van der Waals surface area (Å²) in [6.45, 7) is 3.80. The van der Waals surface area contributed by atoms with Gasteiger partial charge in [0.2, 0.25) is 5.91 Å². The predicted octanol–water partition coefficient (Wildman–Crippen LogP) is 5.49. The highest BCUT2D eigenvalue weighted by molar-refractivity contribution is 6.20. The Morgan fingerprint density at radius 2 is 1.60 bits per heavy atom. The number of rotatable bonds is 5. The maximum absolute atomic E-state index is 14.7. The molecule has 0 spiro atoms. The summed E-state index contributed by atoms with van der Waals surface area (Å²) in [7, 11) is 1.64. The summed E-state index contributed by atoms with van der Waals surface area (Å²) in [6, 6.07) is 22.1. The van der Waals surface area contributed by atoms with Crippen LogP contribution in [0.4, 0.5) is 17.2 Å². The van der Waals surface area contributed by atoms with E-state index in [9.17, 15) is 24.8 Å². The van der Waals surface area contributed by atoms with Gasteiger partial charge in [0, 0.05) is 54.4 Å². The van der Waals surface area contributed by atoms with Gasteiger partial charge in [-0.1, -0.05) is 62.4 Å². The van der Waals surface area contributed by atoms with Crippen LogP contribution < -0.4 is 10.6 Å². The van der Waals surface area contributed by atoms with Crippen LogP contribution in [0.25, 0.3) is 16.9 Å². The number of nitro groups is 1. The first-order valence-corrected chi connectivity index (χ1v) is 13.5. The molecule has 2 aliphatic rings. The molecule has 1 aliphatic heterocycles. The van der Waals surface area contributed by atoms with Crippen LogP contribution in [0.5, 0.6) is 0 Å². The zero-order valence-corrected chi connectivity index (χ0v) is 23.4. The molecule has 3 aromatic carbocycles. The van der Waals surface area contributed by atoms with Crippen molar-refractivity contribution in [2.24, 2.45) is 5.41 Å². The number of nitrogens with two attached hydrogens (primary N) is 1. The van der Waals surface area contributed by atoms with Gasteiger partial charge in [-0.3, -0.25) is 19.7 Å². The number of anilines is 2. The van der Waals surface area contributed by atoms with Crippen LogP contribution in [-0.4, -0.2) is 38.5 Å². The van der Waals surface area contributed by atoms with Crippen molar-refractivity contribution in [2.75, 3.05) is 17.7 Å². The third kappa shape index (κ3) is 3.82. The molecule has 42 heavy (non-hydrogen) atoms. The summed E-state index contributed by atoms with van der Waals surface area (Å²) in [6.07, 6.45) is 0.330. The summed E-state index contributed by atoms with van der Waals surface area (Å²) >= 11 is 0. The fraction of sp³-hybridized carbons (Fsp3) is 0.219. The summed E-state index contributed by atoms with van der Waals surface area (Å²) in [5.74, 6) is -0.871. The molecule has 1 aromatic heterocycles. The van der Waals surface area contributed by atoms with Crippen molar-refractivity contribution in [3.8, 4) is 16.9 Å². The number of allylic oxidation sites excluding steroid dienone is 1. The number of hydrogen-bond donors (Lipinski definition) is 2. The zero-order valence-electron chi connectivity index (χ0n) is 23.4. The molecule has 2 heterocycles. The number of amides is 1. The molecular formula is C32H29N5O5. The van der Waals surface area contributed by atoms with Crippen molar-refractivity contribution < 1.29 is 19.6 Å².